The number of amides is 1. The fraction of sp³-hybridized carbons (Fsp3) is 0.500. The Labute approximate surface area is 183 Å². The number of benzene rings is 1. The van der Waals surface area contributed by atoms with E-state index < -0.39 is 25.5 Å². The number of anilines is 1. The molecule has 1 aliphatic carbocycles. The van der Waals surface area contributed by atoms with E-state index in [1.54, 1.807) is 12.1 Å². The number of nitrogen functional groups attached to an aromatic ring is 1. The number of nitrogens with two attached hydrogens (primary N) is 1. The smallest absolute Gasteiger partial charge is 0.410 e. The molecule has 0 spiro atoms. The van der Waals surface area contributed by atoms with Gasteiger partial charge in [-0.1, -0.05) is 18.6 Å². The highest BCUT2D eigenvalue weighted by atomic mass is 19.1. The van der Waals surface area contributed by atoms with E-state index in [4.69, 9.17) is 10.5 Å². The van der Waals surface area contributed by atoms with Crippen LogP contribution in [-0.4, -0.2) is 46.5 Å². The lowest BCUT2D eigenvalue weighted by Gasteiger charge is -2.36. The Kier molecular flexibility index (Phi) is 6.38. The SMILES string of the molecule is Nc1nc2c(c(=O)n1C(c1ccc(F)cc1)C1CCC1)CCN(C(=O)OC(CF)CF)C2. The van der Waals surface area contributed by atoms with Crippen molar-refractivity contribution >= 4 is 12.0 Å². The molecule has 7 nitrogen and oxygen atoms in total. The van der Waals surface area contributed by atoms with E-state index in [1.165, 1.54) is 21.6 Å². The van der Waals surface area contributed by atoms with Crippen molar-refractivity contribution in [3.05, 3.63) is 57.3 Å². The van der Waals surface area contributed by atoms with Gasteiger partial charge >= 0.3 is 6.09 Å². The number of carbonyl (C=O) groups is 1. The minimum Gasteiger partial charge on any atom is -0.440 e. The first-order valence-corrected chi connectivity index (χ1v) is 10.7. The summed E-state index contributed by atoms with van der Waals surface area (Å²) in [5, 5.41) is 0. The van der Waals surface area contributed by atoms with Crippen LogP contribution in [0.2, 0.25) is 0 Å². The van der Waals surface area contributed by atoms with Crippen molar-refractivity contribution < 1.29 is 22.7 Å². The minimum atomic E-state index is -1.45. The molecule has 1 fully saturated rings. The molecular formula is C22H25F3N4O3. The van der Waals surface area contributed by atoms with Crippen molar-refractivity contribution in [2.75, 3.05) is 25.6 Å². The third-order valence-corrected chi connectivity index (χ3v) is 6.25. The van der Waals surface area contributed by atoms with Gasteiger partial charge in [0.05, 0.1) is 18.3 Å². The Morgan fingerprint density at radius 3 is 2.50 bits per heavy atom. The van der Waals surface area contributed by atoms with Gasteiger partial charge in [-0.2, -0.15) is 0 Å². The molecule has 2 N–H and O–H groups in total. The molecule has 1 saturated carbocycles. The van der Waals surface area contributed by atoms with E-state index >= 15 is 0 Å². The molecule has 172 valence electrons. The van der Waals surface area contributed by atoms with E-state index in [9.17, 15) is 22.8 Å². The summed E-state index contributed by atoms with van der Waals surface area (Å²) in [6, 6.07) is 5.69. The second kappa shape index (κ2) is 9.22. The minimum absolute atomic E-state index is 0.00980. The molecule has 1 amide bonds. The molecular weight excluding hydrogens is 425 g/mol. The van der Waals surface area contributed by atoms with Gasteiger partial charge in [0.15, 0.2) is 6.10 Å². The van der Waals surface area contributed by atoms with Crippen LogP contribution in [0, 0.1) is 11.7 Å². The Morgan fingerprint density at radius 2 is 1.91 bits per heavy atom. The normalized spacial score (nSPS) is 17.1. The number of halogens is 3. The van der Waals surface area contributed by atoms with Crippen molar-refractivity contribution in [1.82, 2.24) is 14.5 Å². The molecule has 1 aromatic carbocycles. The second-order valence-electron chi connectivity index (χ2n) is 8.24. The van der Waals surface area contributed by atoms with Gasteiger partial charge in [-0.15, -0.1) is 0 Å². The van der Waals surface area contributed by atoms with E-state index in [0.717, 1.165) is 24.8 Å². The van der Waals surface area contributed by atoms with Crippen LogP contribution in [0.15, 0.2) is 29.1 Å². The summed E-state index contributed by atoms with van der Waals surface area (Å²) in [7, 11) is 0. The first kappa shape index (κ1) is 22.2. The van der Waals surface area contributed by atoms with E-state index in [1.807, 2.05) is 0 Å². The van der Waals surface area contributed by atoms with Crippen molar-refractivity contribution in [1.29, 1.82) is 0 Å². The summed E-state index contributed by atoms with van der Waals surface area (Å²) < 4.78 is 45.1. The lowest BCUT2D eigenvalue weighted by molar-refractivity contribution is 0.0359. The highest BCUT2D eigenvalue weighted by Gasteiger charge is 2.34. The standard InChI is InChI=1S/C22H25F3N4O3/c23-10-16(11-24)32-22(31)28-9-8-17-18(12-28)27-21(26)29(20(17)30)19(13-2-1-3-13)14-4-6-15(25)7-5-14/h4-7,13,16,19H,1-3,8-12H2,(H2,26,27). The fourth-order valence-electron chi connectivity index (χ4n) is 4.31. The molecule has 1 aliphatic heterocycles. The molecule has 1 unspecified atom stereocenters. The molecule has 0 radical (unpaired) electrons. The van der Waals surface area contributed by atoms with Crippen molar-refractivity contribution in [3.63, 3.8) is 0 Å². The monoisotopic (exact) mass is 450 g/mol. The van der Waals surface area contributed by atoms with Gasteiger partial charge in [0.2, 0.25) is 5.95 Å². The Balaban J connectivity index is 1.65. The molecule has 10 heteroatoms. The third kappa shape index (κ3) is 4.18. The Morgan fingerprint density at radius 1 is 1.22 bits per heavy atom. The number of alkyl halides is 2. The van der Waals surface area contributed by atoms with Gasteiger partial charge in [0.1, 0.15) is 19.2 Å². The number of aromatic nitrogens is 2. The number of hydrogen-bond acceptors (Lipinski definition) is 5. The van der Waals surface area contributed by atoms with Crippen LogP contribution in [0.4, 0.5) is 23.9 Å². The maximum absolute atomic E-state index is 13.5. The summed E-state index contributed by atoms with van der Waals surface area (Å²) >= 11 is 0. The van der Waals surface area contributed by atoms with Crippen LogP contribution in [0.25, 0.3) is 0 Å². The summed E-state index contributed by atoms with van der Waals surface area (Å²) in [4.78, 5) is 31.3. The number of fused-ring (bicyclic) bond motifs is 1. The second-order valence-corrected chi connectivity index (χ2v) is 8.24. The van der Waals surface area contributed by atoms with Crippen LogP contribution in [-0.2, 0) is 17.7 Å². The van der Waals surface area contributed by atoms with E-state index in [0.29, 0.717) is 11.3 Å². The molecule has 1 aromatic heterocycles. The zero-order valence-corrected chi connectivity index (χ0v) is 17.5. The predicted octanol–water partition coefficient (Wildman–Crippen LogP) is 3.16. The molecule has 4 rings (SSSR count). The molecule has 2 aliphatic rings. The third-order valence-electron chi connectivity index (χ3n) is 6.25. The highest BCUT2D eigenvalue weighted by molar-refractivity contribution is 5.68. The molecule has 2 heterocycles. The maximum Gasteiger partial charge on any atom is 0.410 e. The van der Waals surface area contributed by atoms with Crippen LogP contribution in [0.3, 0.4) is 0 Å². The van der Waals surface area contributed by atoms with Crippen molar-refractivity contribution in [2.45, 2.75) is 44.4 Å². The van der Waals surface area contributed by atoms with Gasteiger partial charge in [-0.05, 0) is 42.9 Å². The van der Waals surface area contributed by atoms with Gasteiger partial charge in [-0.3, -0.25) is 9.36 Å². The quantitative estimate of drug-likeness (QED) is 0.730. The van der Waals surface area contributed by atoms with Gasteiger partial charge in [-0.25, -0.2) is 22.9 Å². The molecule has 2 aromatic rings. The van der Waals surface area contributed by atoms with E-state index in [2.05, 4.69) is 4.98 Å². The highest BCUT2D eigenvalue weighted by Crippen LogP contribution is 2.40. The Hall–Kier alpha value is -3.04. The first-order valence-electron chi connectivity index (χ1n) is 10.7. The number of carbonyl (C=O) groups excluding carboxylic acids is 1. The zero-order valence-electron chi connectivity index (χ0n) is 17.5. The van der Waals surface area contributed by atoms with Crippen LogP contribution in [0.5, 0.6) is 0 Å². The molecule has 0 bridgehead atoms. The number of ether oxygens (including phenoxy) is 1. The van der Waals surface area contributed by atoms with Gasteiger partial charge < -0.3 is 15.4 Å². The van der Waals surface area contributed by atoms with Crippen molar-refractivity contribution in [2.24, 2.45) is 5.92 Å². The summed E-state index contributed by atoms with van der Waals surface area (Å²) in [6.45, 7) is -2.12. The average Bonchev–Trinajstić information content (AvgIpc) is 2.75. The number of nitrogens with zero attached hydrogens (tertiary/aromatic N) is 3. The van der Waals surface area contributed by atoms with Gasteiger partial charge in [0.25, 0.3) is 5.56 Å². The lowest BCUT2D eigenvalue weighted by Crippen LogP contribution is -2.44. The number of rotatable bonds is 6. The molecule has 32 heavy (non-hydrogen) atoms. The zero-order chi connectivity index (χ0) is 22.8. The predicted molar refractivity (Wildman–Crippen MR) is 111 cm³/mol. The van der Waals surface area contributed by atoms with Crippen LogP contribution in [0.1, 0.15) is 42.1 Å². The van der Waals surface area contributed by atoms with Gasteiger partial charge in [0, 0.05) is 12.1 Å². The van der Waals surface area contributed by atoms with Crippen LogP contribution < -0.4 is 11.3 Å². The molecule has 1 atom stereocenters. The summed E-state index contributed by atoms with van der Waals surface area (Å²) in [5.41, 5.74) is 7.51. The lowest BCUT2D eigenvalue weighted by atomic mass is 9.77. The van der Waals surface area contributed by atoms with Crippen LogP contribution >= 0.6 is 0 Å². The summed E-state index contributed by atoms with van der Waals surface area (Å²) in [6.07, 6.45) is 0.801. The topological polar surface area (TPSA) is 90.5 Å². The largest absolute Gasteiger partial charge is 0.440 e. The average molecular weight is 450 g/mol. The maximum atomic E-state index is 13.5. The number of hydrogen-bond donors (Lipinski definition) is 1. The first-order chi connectivity index (χ1) is 15.4. The fourth-order valence-corrected chi connectivity index (χ4v) is 4.31. The Bertz CT molecular complexity index is 1040. The molecule has 0 saturated heterocycles. The van der Waals surface area contributed by atoms with Crippen molar-refractivity contribution in [3.8, 4) is 0 Å². The summed E-state index contributed by atoms with van der Waals surface area (Å²) in [5.74, 6) is -0.163. The van der Waals surface area contributed by atoms with E-state index in [-0.39, 0.29) is 48.8 Å².